The summed E-state index contributed by atoms with van der Waals surface area (Å²) in [6.45, 7) is 5.84. The molecule has 34 heavy (non-hydrogen) atoms. The standard InChI is InChI=1S/C23H28BClN6O2S/c1-13-9-16(24)10-17(25)21(13)30-22(33)18-12-26-23(34-18)29-19-11-20(28-14(2)27-19)31-6-3-15(4-7-31)5-8-32/h9-12,15,32H,3-8,24H2,1-2H3,(H,30,33)(H,26,27,28,29). The first-order valence-corrected chi connectivity index (χ1v) is 12.5. The van der Waals surface area contributed by atoms with Crippen LogP contribution in [0.15, 0.2) is 24.4 Å². The van der Waals surface area contributed by atoms with Gasteiger partial charge in [0.2, 0.25) is 0 Å². The quantitative estimate of drug-likeness (QED) is 0.430. The number of piperidine rings is 1. The molecule has 0 atom stereocenters. The van der Waals surface area contributed by atoms with Crippen LogP contribution in [-0.4, -0.2) is 53.5 Å². The number of carbonyl (C=O) groups excluding carboxylic acids is 1. The third-order valence-electron chi connectivity index (χ3n) is 5.94. The Labute approximate surface area is 209 Å². The number of thiazole rings is 1. The number of hydrogen-bond acceptors (Lipinski definition) is 8. The van der Waals surface area contributed by atoms with E-state index in [1.54, 1.807) is 6.20 Å². The van der Waals surface area contributed by atoms with Crippen molar-refractivity contribution in [3.05, 3.63) is 45.7 Å². The van der Waals surface area contributed by atoms with Crippen molar-refractivity contribution in [1.82, 2.24) is 15.0 Å². The first-order valence-electron chi connectivity index (χ1n) is 11.3. The smallest absolute Gasteiger partial charge is 0.267 e. The van der Waals surface area contributed by atoms with E-state index in [0.717, 1.165) is 49.2 Å². The van der Waals surface area contributed by atoms with Crippen molar-refractivity contribution in [2.75, 3.05) is 35.2 Å². The molecular formula is C23H28BClN6O2S. The topological polar surface area (TPSA) is 103 Å². The van der Waals surface area contributed by atoms with Crippen molar-refractivity contribution < 1.29 is 9.90 Å². The van der Waals surface area contributed by atoms with E-state index in [9.17, 15) is 9.90 Å². The Bertz CT molecular complexity index is 1160. The Balaban J connectivity index is 1.43. The highest BCUT2D eigenvalue weighted by Crippen LogP contribution is 2.29. The van der Waals surface area contributed by atoms with Gasteiger partial charge in [0.25, 0.3) is 5.91 Å². The molecule has 11 heteroatoms. The summed E-state index contributed by atoms with van der Waals surface area (Å²) in [6, 6.07) is 5.72. The number of aromatic nitrogens is 3. The van der Waals surface area contributed by atoms with Gasteiger partial charge in [-0.05, 0) is 50.7 Å². The fourth-order valence-corrected chi connectivity index (χ4v) is 5.29. The average molecular weight is 499 g/mol. The zero-order chi connectivity index (χ0) is 24.2. The van der Waals surface area contributed by atoms with Crippen LogP contribution in [0.2, 0.25) is 5.02 Å². The van der Waals surface area contributed by atoms with Crippen LogP contribution < -0.4 is 21.0 Å². The molecule has 1 aromatic carbocycles. The summed E-state index contributed by atoms with van der Waals surface area (Å²) in [5, 5.41) is 16.4. The van der Waals surface area contributed by atoms with Gasteiger partial charge < -0.3 is 20.6 Å². The molecule has 2 aromatic heterocycles. The molecule has 0 radical (unpaired) electrons. The molecule has 0 unspecified atom stereocenters. The molecule has 0 bridgehead atoms. The van der Waals surface area contributed by atoms with E-state index >= 15 is 0 Å². The Morgan fingerprint density at radius 2 is 2.03 bits per heavy atom. The van der Waals surface area contributed by atoms with Crippen LogP contribution in [0.5, 0.6) is 0 Å². The summed E-state index contributed by atoms with van der Waals surface area (Å²) >= 11 is 7.58. The number of halogens is 1. The van der Waals surface area contributed by atoms with Gasteiger partial charge in [-0.2, -0.15) is 0 Å². The number of carbonyl (C=O) groups is 1. The van der Waals surface area contributed by atoms with Crippen molar-refractivity contribution in [2.45, 2.75) is 33.1 Å². The molecule has 178 valence electrons. The van der Waals surface area contributed by atoms with E-state index in [-0.39, 0.29) is 12.5 Å². The van der Waals surface area contributed by atoms with Crippen molar-refractivity contribution in [3.8, 4) is 0 Å². The van der Waals surface area contributed by atoms with Gasteiger partial charge in [-0.3, -0.25) is 4.79 Å². The summed E-state index contributed by atoms with van der Waals surface area (Å²) in [7, 11) is 1.96. The largest absolute Gasteiger partial charge is 0.396 e. The van der Waals surface area contributed by atoms with E-state index in [1.165, 1.54) is 11.3 Å². The maximum Gasteiger partial charge on any atom is 0.267 e. The Kier molecular flexibility index (Phi) is 7.70. The second kappa shape index (κ2) is 10.7. The minimum absolute atomic E-state index is 0.247. The zero-order valence-electron chi connectivity index (χ0n) is 19.6. The van der Waals surface area contributed by atoms with E-state index < -0.39 is 0 Å². The molecule has 1 aliphatic rings. The Morgan fingerprint density at radius 3 is 2.74 bits per heavy atom. The fraction of sp³-hybridized carbons (Fsp3) is 0.391. The van der Waals surface area contributed by atoms with Crippen LogP contribution in [0.4, 0.5) is 22.5 Å². The molecule has 3 N–H and O–H groups in total. The lowest BCUT2D eigenvalue weighted by atomic mass is 9.94. The summed E-state index contributed by atoms with van der Waals surface area (Å²) in [6.07, 6.45) is 4.49. The van der Waals surface area contributed by atoms with Crippen LogP contribution in [-0.2, 0) is 0 Å². The monoisotopic (exact) mass is 498 g/mol. The Hall–Kier alpha value is -2.69. The number of aliphatic hydroxyl groups excluding tert-OH is 1. The van der Waals surface area contributed by atoms with Gasteiger partial charge in [-0.1, -0.05) is 34.5 Å². The number of nitrogens with zero attached hydrogens (tertiary/aromatic N) is 4. The van der Waals surface area contributed by atoms with Gasteiger partial charge in [0.05, 0.1) is 16.9 Å². The van der Waals surface area contributed by atoms with E-state index in [2.05, 4.69) is 30.5 Å². The number of amides is 1. The molecule has 0 aliphatic carbocycles. The predicted octanol–water partition coefficient (Wildman–Crippen LogP) is 3.06. The van der Waals surface area contributed by atoms with Crippen molar-refractivity contribution in [3.63, 3.8) is 0 Å². The molecular weight excluding hydrogens is 471 g/mol. The number of rotatable bonds is 7. The molecule has 3 heterocycles. The molecule has 0 spiro atoms. The van der Waals surface area contributed by atoms with Crippen molar-refractivity contribution in [1.29, 1.82) is 0 Å². The number of aryl methyl sites for hydroxylation is 2. The van der Waals surface area contributed by atoms with Crippen LogP contribution in [0.25, 0.3) is 0 Å². The second-order valence-electron chi connectivity index (χ2n) is 8.65. The van der Waals surface area contributed by atoms with Gasteiger partial charge in [0, 0.05) is 25.8 Å². The number of benzene rings is 1. The van der Waals surface area contributed by atoms with Crippen LogP contribution in [0, 0.1) is 19.8 Å². The summed E-state index contributed by atoms with van der Waals surface area (Å²) < 4.78 is 0. The molecule has 1 aliphatic heterocycles. The summed E-state index contributed by atoms with van der Waals surface area (Å²) in [5.41, 5.74) is 2.56. The van der Waals surface area contributed by atoms with Crippen molar-refractivity contribution in [2.24, 2.45) is 5.92 Å². The molecule has 3 aromatic rings. The number of hydrogen-bond donors (Lipinski definition) is 3. The second-order valence-corrected chi connectivity index (χ2v) is 10.1. The summed E-state index contributed by atoms with van der Waals surface area (Å²) in [5.74, 6) is 2.48. The van der Waals surface area contributed by atoms with Crippen LogP contribution in [0.1, 0.15) is 40.3 Å². The van der Waals surface area contributed by atoms with Gasteiger partial charge in [0.1, 0.15) is 30.2 Å². The normalized spacial score (nSPS) is 14.3. The molecule has 1 saturated heterocycles. The lowest BCUT2D eigenvalue weighted by Crippen LogP contribution is -2.34. The number of aliphatic hydroxyl groups is 1. The zero-order valence-corrected chi connectivity index (χ0v) is 21.1. The SMILES string of the molecule is Bc1cc(C)c(NC(=O)c2cnc(Nc3cc(N4CCC(CCO)CC4)nc(C)n3)s2)c(Cl)c1. The van der Waals surface area contributed by atoms with Gasteiger partial charge in [0.15, 0.2) is 5.13 Å². The predicted molar refractivity (Wildman–Crippen MR) is 141 cm³/mol. The highest BCUT2D eigenvalue weighted by Gasteiger charge is 2.21. The lowest BCUT2D eigenvalue weighted by Gasteiger charge is -2.32. The highest BCUT2D eigenvalue weighted by atomic mass is 35.5. The third kappa shape index (κ3) is 5.86. The first-order chi connectivity index (χ1) is 16.3. The molecule has 1 fully saturated rings. The molecule has 0 saturated carbocycles. The Morgan fingerprint density at radius 1 is 1.26 bits per heavy atom. The number of anilines is 4. The third-order valence-corrected chi connectivity index (χ3v) is 7.14. The van der Waals surface area contributed by atoms with Gasteiger partial charge >= 0.3 is 0 Å². The van der Waals surface area contributed by atoms with E-state index in [0.29, 0.717) is 38.3 Å². The fourth-order valence-electron chi connectivity index (χ4n) is 4.21. The van der Waals surface area contributed by atoms with E-state index in [4.69, 9.17) is 11.6 Å². The van der Waals surface area contributed by atoms with E-state index in [1.807, 2.05) is 39.9 Å². The lowest BCUT2D eigenvalue weighted by molar-refractivity contribution is 0.103. The van der Waals surface area contributed by atoms with Crippen LogP contribution >= 0.6 is 22.9 Å². The van der Waals surface area contributed by atoms with Gasteiger partial charge in [-0.25, -0.2) is 15.0 Å². The van der Waals surface area contributed by atoms with Crippen LogP contribution in [0.3, 0.4) is 0 Å². The minimum Gasteiger partial charge on any atom is -0.396 e. The maximum atomic E-state index is 12.8. The summed E-state index contributed by atoms with van der Waals surface area (Å²) in [4.78, 5) is 28.9. The number of nitrogens with one attached hydrogen (secondary N) is 2. The molecule has 4 rings (SSSR count). The highest BCUT2D eigenvalue weighted by molar-refractivity contribution is 7.17. The first kappa shape index (κ1) is 24.4. The maximum absolute atomic E-state index is 12.8. The molecule has 8 nitrogen and oxygen atoms in total. The molecule has 1 amide bonds. The van der Waals surface area contributed by atoms with Crippen molar-refractivity contribution >= 4 is 64.6 Å². The minimum atomic E-state index is -0.260. The average Bonchev–Trinajstić information content (AvgIpc) is 3.25. The van der Waals surface area contributed by atoms with Gasteiger partial charge in [-0.15, -0.1) is 0 Å².